The minimum absolute atomic E-state index is 0.618. The third-order valence-corrected chi connectivity index (χ3v) is 5.28. The Bertz CT molecular complexity index is 727. The second-order valence-electron chi connectivity index (χ2n) is 7.01. The van der Waals surface area contributed by atoms with E-state index in [0.29, 0.717) is 6.04 Å². The molecule has 1 unspecified atom stereocenters. The van der Waals surface area contributed by atoms with Gasteiger partial charge in [-0.3, -0.25) is 4.90 Å². The highest BCUT2D eigenvalue weighted by Gasteiger charge is 2.27. The van der Waals surface area contributed by atoms with E-state index >= 15 is 0 Å². The topological polar surface area (TPSA) is 41.5 Å². The van der Waals surface area contributed by atoms with Gasteiger partial charge in [-0.1, -0.05) is 0 Å². The Kier molecular flexibility index (Phi) is 4.37. The fraction of sp³-hybridized carbons (Fsp3) is 0.579. The Hall–Kier alpha value is -1.72. The molecule has 2 aromatic rings. The first-order valence-corrected chi connectivity index (χ1v) is 9.02. The smallest absolute Gasteiger partial charge is 0.162 e. The summed E-state index contributed by atoms with van der Waals surface area (Å²) in [5, 5.41) is 1.16. The lowest BCUT2D eigenvalue weighted by molar-refractivity contribution is 0.0137. The van der Waals surface area contributed by atoms with Gasteiger partial charge in [-0.05, 0) is 50.5 Å². The van der Waals surface area contributed by atoms with Crippen molar-refractivity contribution >= 4 is 16.9 Å². The van der Waals surface area contributed by atoms with Crippen LogP contribution in [0.25, 0.3) is 11.0 Å². The monoisotopic (exact) mass is 326 g/mol. The molecule has 0 bridgehead atoms. The van der Waals surface area contributed by atoms with Gasteiger partial charge in [-0.25, -0.2) is 9.97 Å². The number of ether oxygens (including phenoxy) is 1. The maximum atomic E-state index is 5.50. The third kappa shape index (κ3) is 3.10. The zero-order valence-electron chi connectivity index (χ0n) is 14.7. The molecule has 4 heterocycles. The predicted molar refractivity (Wildman–Crippen MR) is 96.6 cm³/mol. The van der Waals surface area contributed by atoms with Crippen LogP contribution >= 0.6 is 0 Å². The quantitative estimate of drug-likeness (QED) is 0.848. The molecule has 5 nitrogen and oxygen atoms in total. The highest BCUT2D eigenvalue weighted by Crippen LogP contribution is 2.24. The second kappa shape index (κ2) is 6.65. The first-order valence-electron chi connectivity index (χ1n) is 9.02. The van der Waals surface area contributed by atoms with E-state index in [1.807, 2.05) is 6.92 Å². The number of anilines is 1. The molecule has 2 saturated heterocycles. The van der Waals surface area contributed by atoms with Gasteiger partial charge in [0.05, 0.1) is 13.2 Å². The van der Waals surface area contributed by atoms with E-state index in [2.05, 4.69) is 39.9 Å². The molecule has 0 amide bonds. The summed E-state index contributed by atoms with van der Waals surface area (Å²) in [6.07, 6.45) is 2.50. The van der Waals surface area contributed by atoms with E-state index in [1.54, 1.807) is 0 Å². The van der Waals surface area contributed by atoms with Gasteiger partial charge in [0.1, 0.15) is 5.82 Å². The van der Waals surface area contributed by atoms with Gasteiger partial charge in [0.25, 0.3) is 0 Å². The van der Waals surface area contributed by atoms with Gasteiger partial charge in [-0.2, -0.15) is 0 Å². The van der Waals surface area contributed by atoms with Crippen LogP contribution in [0.3, 0.4) is 0 Å². The SMILES string of the molecule is Cc1cc(C)c2ccc(N3CCCC(N4CCOCC4)C3)nc2n1. The molecule has 4 rings (SSSR count). The molecular formula is C19H26N4O. The average molecular weight is 326 g/mol. The van der Waals surface area contributed by atoms with Gasteiger partial charge >= 0.3 is 0 Å². The summed E-state index contributed by atoms with van der Waals surface area (Å²) in [6.45, 7) is 10.2. The second-order valence-corrected chi connectivity index (χ2v) is 7.01. The predicted octanol–water partition coefficient (Wildman–Crippen LogP) is 2.55. The summed E-state index contributed by atoms with van der Waals surface area (Å²) in [6, 6.07) is 7.08. The van der Waals surface area contributed by atoms with Crippen LogP contribution < -0.4 is 4.90 Å². The van der Waals surface area contributed by atoms with Crippen molar-refractivity contribution in [2.24, 2.45) is 0 Å². The van der Waals surface area contributed by atoms with Crippen LogP contribution in [-0.4, -0.2) is 60.3 Å². The summed E-state index contributed by atoms with van der Waals surface area (Å²) < 4.78 is 5.50. The van der Waals surface area contributed by atoms with E-state index in [1.165, 1.54) is 18.4 Å². The Labute approximate surface area is 143 Å². The van der Waals surface area contributed by atoms with Gasteiger partial charge in [0.15, 0.2) is 5.65 Å². The van der Waals surface area contributed by atoms with Crippen LogP contribution in [-0.2, 0) is 4.74 Å². The number of hydrogen-bond acceptors (Lipinski definition) is 5. The molecular weight excluding hydrogens is 300 g/mol. The standard InChI is InChI=1S/C19H26N4O/c1-14-12-15(2)20-19-17(14)5-6-18(21-19)23-7-3-4-16(13-23)22-8-10-24-11-9-22/h5-6,12,16H,3-4,7-11,13H2,1-2H3. The first kappa shape index (κ1) is 15.8. The van der Waals surface area contributed by atoms with E-state index in [4.69, 9.17) is 9.72 Å². The molecule has 0 saturated carbocycles. The zero-order valence-corrected chi connectivity index (χ0v) is 14.7. The number of hydrogen-bond donors (Lipinski definition) is 0. The molecule has 0 aliphatic carbocycles. The van der Waals surface area contributed by atoms with Crippen molar-refractivity contribution in [1.82, 2.24) is 14.9 Å². The molecule has 0 spiro atoms. The number of morpholine rings is 1. The van der Waals surface area contributed by atoms with Crippen LogP contribution in [0.15, 0.2) is 18.2 Å². The van der Waals surface area contributed by atoms with E-state index in [-0.39, 0.29) is 0 Å². The molecule has 128 valence electrons. The minimum Gasteiger partial charge on any atom is -0.379 e. The lowest BCUT2D eigenvalue weighted by atomic mass is 10.0. The lowest BCUT2D eigenvalue weighted by Gasteiger charge is -2.41. The van der Waals surface area contributed by atoms with Crippen LogP contribution in [0.4, 0.5) is 5.82 Å². The van der Waals surface area contributed by atoms with E-state index in [0.717, 1.165) is 61.9 Å². The summed E-state index contributed by atoms with van der Waals surface area (Å²) in [5.74, 6) is 1.07. The van der Waals surface area contributed by atoms with Crippen molar-refractivity contribution in [3.05, 3.63) is 29.5 Å². The molecule has 1 atom stereocenters. The number of piperidine rings is 1. The number of aryl methyl sites for hydroxylation is 2. The van der Waals surface area contributed by atoms with Gasteiger partial charge in [0, 0.05) is 43.3 Å². The van der Waals surface area contributed by atoms with Gasteiger partial charge in [-0.15, -0.1) is 0 Å². The van der Waals surface area contributed by atoms with Gasteiger partial charge < -0.3 is 9.64 Å². The Morgan fingerprint density at radius 3 is 2.75 bits per heavy atom. The van der Waals surface area contributed by atoms with Crippen molar-refractivity contribution in [3.8, 4) is 0 Å². The average Bonchev–Trinajstić information content (AvgIpc) is 2.62. The third-order valence-electron chi connectivity index (χ3n) is 5.28. The number of aromatic nitrogens is 2. The maximum Gasteiger partial charge on any atom is 0.162 e. The fourth-order valence-electron chi connectivity index (χ4n) is 4.00. The lowest BCUT2D eigenvalue weighted by Crippen LogP contribution is -2.51. The van der Waals surface area contributed by atoms with Crippen molar-refractivity contribution in [2.75, 3.05) is 44.3 Å². The fourth-order valence-corrected chi connectivity index (χ4v) is 4.00. The zero-order chi connectivity index (χ0) is 16.5. The Morgan fingerprint density at radius 2 is 1.92 bits per heavy atom. The highest BCUT2D eigenvalue weighted by molar-refractivity contribution is 5.80. The Morgan fingerprint density at radius 1 is 1.08 bits per heavy atom. The summed E-state index contributed by atoms with van der Waals surface area (Å²) >= 11 is 0. The van der Waals surface area contributed by atoms with Crippen molar-refractivity contribution in [2.45, 2.75) is 32.7 Å². The Balaban J connectivity index is 1.57. The molecule has 2 aliphatic heterocycles. The van der Waals surface area contributed by atoms with E-state index in [9.17, 15) is 0 Å². The van der Waals surface area contributed by atoms with Crippen molar-refractivity contribution in [3.63, 3.8) is 0 Å². The van der Waals surface area contributed by atoms with Crippen LogP contribution in [0.1, 0.15) is 24.1 Å². The highest BCUT2D eigenvalue weighted by atomic mass is 16.5. The summed E-state index contributed by atoms with van der Waals surface area (Å²) in [7, 11) is 0. The number of fused-ring (bicyclic) bond motifs is 1. The molecule has 0 N–H and O–H groups in total. The normalized spacial score (nSPS) is 22.9. The van der Waals surface area contributed by atoms with Crippen LogP contribution in [0.2, 0.25) is 0 Å². The van der Waals surface area contributed by atoms with Gasteiger partial charge in [0.2, 0.25) is 0 Å². The molecule has 2 aromatic heterocycles. The maximum absolute atomic E-state index is 5.50. The van der Waals surface area contributed by atoms with E-state index < -0.39 is 0 Å². The molecule has 0 radical (unpaired) electrons. The number of pyridine rings is 2. The van der Waals surface area contributed by atoms with Crippen LogP contribution in [0, 0.1) is 13.8 Å². The summed E-state index contributed by atoms with van der Waals surface area (Å²) in [4.78, 5) is 14.5. The molecule has 2 fully saturated rings. The molecule has 5 heteroatoms. The molecule has 24 heavy (non-hydrogen) atoms. The minimum atomic E-state index is 0.618. The largest absolute Gasteiger partial charge is 0.379 e. The molecule has 2 aliphatic rings. The number of nitrogens with zero attached hydrogens (tertiary/aromatic N) is 4. The van der Waals surface area contributed by atoms with Crippen LogP contribution in [0.5, 0.6) is 0 Å². The molecule has 0 aromatic carbocycles. The van der Waals surface area contributed by atoms with Crippen molar-refractivity contribution < 1.29 is 4.74 Å². The first-order chi connectivity index (χ1) is 11.7. The number of rotatable bonds is 2. The summed E-state index contributed by atoms with van der Waals surface area (Å²) in [5.41, 5.74) is 3.16. The van der Waals surface area contributed by atoms with Crippen molar-refractivity contribution in [1.29, 1.82) is 0 Å².